The number of aromatic nitrogens is 1. The van der Waals surface area contributed by atoms with E-state index in [9.17, 15) is 18.4 Å². The van der Waals surface area contributed by atoms with Gasteiger partial charge in [0.1, 0.15) is 5.75 Å². The van der Waals surface area contributed by atoms with Gasteiger partial charge < -0.3 is 14.4 Å². The molecule has 0 atom stereocenters. The summed E-state index contributed by atoms with van der Waals surface area (Å²) in [5.74, 6) is 0.0713. The minimum Gasteiger partial charge on any atom is -0.482 e. The quantitative estimate of drug-likeness (QED) is 0.0991. The molecule has 0 fully saturated rings. The van der Waals surface area contributed by atoms with Crippen LogP contribution in [0.1, 0.15) is 22.9 Å². The lowest BCUT2D eigenvalue weighted by Crippen LogP contribution is -2.16. The van der Waals surface area contributed by atoms with Crippen molar-refractivity contribution in [2.45, 2.75) is 26.6 Å². The van der Waals surface area contributed by atoms with Crippen LogP contribution in [0.25, 0.3) is 11.3 Å². The van der Waals surface area contributed by atoms with Gasteiger partial charge >= 0.3 is 13.6 Å². The summed E-state index contributed by atoms with van der Waals surface area (Å²) in [6.45, 7) is 4.10. The Morgan fingerprint density at radius 3 is 2.40 bits per heavy atom. The number of carbonyl (C=O) groups is 1. The number of halogens is 5. The van der Waals surface area contributed by atoms with Gasteiger partial charge in [-0.15, -0.1) is 20.8 Å². The van der Waals surface area contributed by atoms with Gasteiger partial charge in [-0.05, 0) is 82.6 Å². The van der Waals surface area contributed by atoms with Gasteiger partial charge in [-0.2, -0.15) is 0 Å². The highest BCUT2D eigenvalue weighted by Gasteiger charge is 2.29. The first kappa shape index (κ1) is 33.3. The summed E-state index contributed by atoms with van der Waals surface area (Å²) < 4.78 is 54.5. The molecule has 8 nitrogen and oxygen atoms in total. The maximum atomic E-state index is 12.6. The van der Waals surface area contributed by atoms with Gasteiger partial charge in [0.25, 0.3) is 0 Å². The van der Waals surface area contributed by atoms with E-state index in [4.69, 9.17) is 37.7 Å². The number of rotatable bonds is 13. The molecule has 0 unspecified atom stereocenters. The SMILES string of the molecule is CCOC(=O)COc1ccc(-c2nc(N(Cc3ccc(CP(=O)(OF)OF)c(Br)c3)c3ccc(Cl)c(Cl)c3)sc2C)cc1. The third-order valence-corrected chi connectivity index (χ3v) is 9.67. The normalized spacial score (nSPS) is 11.4. The minimum atomic E-state index is -4.56. The summed E-state index contributed by atoms with van der Waals surface area (Å²) in [5, 5.41) is 1.42. The Kier molecular flexibility index (Phi) is 11.6. The Balaban J connectivity index is 1.63. The van der Waals surface area contributed by atoms with E-state index in [1.807, 2.05) is 30.0 Å². The predicted molar refractivity (Wildman–Crippen MR) is 167 cm³/mol. The van der Waals surface area contributed by atoms with Crippen LogP contribution in [0.2, 0.25) is 10.0 Å². The van der Waals surface area contributed by atoms with Crippen LogP contribution in [-0.2, 0) is 36.3 Å². The average Bonchev–Trinajstić information content (AvgIpc) is 3.39. The van der Waals surface area contributed by atoms with Crippen molar-refractivity contribution in [1.29, 1.82) is 0 Å². The van der Waals surface area contributed by atoms with Gasteiger partial charge in [0.2, 0.25) is 0 Å². The molecule has 0 aliphatic rings. The monoisotopic (exact) mass is 734 g/mol. The van der Waals surface area contributed by atoms with Crippen LogP contribution in [0, 0.1) is 6.92 Å². The number of carbonyl (C=O) groups excluding carboxylic acids is 1. The van der Waals surface area contributed by atoms with E-state index in [-0.39, 0.29) is 13.2 Å². The number of ether oxygens (including phenoxy) is 2. The fraction of sp³-hybridized carbons (Fsp3) is 0.214. The minimum absolute atomic E-state index is 0.185. The highest BCUT2D eigenvalue weighted by atomic mass is 79.9. The molecule has 4 rings (SSSR count). The van der Waals surface area contributed by atoms with Crippen molar-refractivity contribution in [1.82, 2.24) is 4.98 Å². The fourth-order valence-corrected chi connectivity index (χ4v) is 6.85. The Hall–Kier alpha value is -2.57. The van der Waals surface area contributed by atoms with E-state index in [1.54, 1.807) is 49.4 Å². The zero-order valence-corrected chi connectivity index (χ0v) is 27.5. The second kappa shape index (κ2) is 14.9. The highest BCUT2D eigenvalue weighted by molar-refractivity contribution is 9.10. The van der Waals surface area contributed by atoms with Gasteiger partial charge in [-0.3, -0.25) is 4.57 Å². The Morgan fingerprint density at radius 2 is 1.77 bits per heavy atom. The maximum Gasteiger partial charge on any atom is 0.399 e. The van der Waals surface area contributed by atoms with Crippen molar-refractivity contribution in [3.63, 3.8) is 0 Å². The first-order chi connectivity index (χ1) is 20.6. The van der Waals surface area contributed by atoms with E-state index in [0.717, 1.165) is 27.4 Å². The van der Waals surface area contributed by atoms with Crippen LogP contribution >= 0.6 is 58.1 Å². The van der Waals surface area contributed by atoms with Crippen molar-refractivity contribution in [3.05, 3.63) is 91.2 Å². The van der Waals surface area contributed by atoms with E-state index < -0.39 is 19.7 Å². The number of thiazole rings is 1. The van der Waals surface area contributed by atoms with Gasteiger partial charge in [0.15, 0.2) is 11.7 Å². The van der Waals surface area contributed by atoms with E-state index in [1.165, 1.54) is 11.3 Å². The predicted octanol–water partition coefficient (Wildman–Crippen LogP) is 9.96. The summed E-state index contributed by atoms with van der Waals surface area (Å²) in [5.41, 5.74) is 3.44. The zero-order valence-electron chi connectivity index (χ0n) is 22.7. The van der Waals surface area contributed by atoms with Crippen molar-refractivity contribution in [2.75, 3.05) is 18.1 Å². The molecular formula is C28H24BrCl2F2N2O6PS. The average molecular weight is 736 g/mol. The topological polar surface area (TPSA) is 87.2 Å². The first-order valence-corrected chi connectivity index (χ1v) is 16.7. The zero-order chi connectivity index (χ0) is 31.1. The summed E-state index contributed by atoms with van der Waals surface area (Å²) in [6, 6.07) is 17.5. The van der Waals surface area contributed by atoms with Crippen LogP contribution in [-0.4, -0.2) is 24.2 Å². The molecule has 0 aliphatic heterocycles. The summed E-state index contributed by atoms with van der Waals surface area (Å²) >= 11 is 17.4. The molecule has 0 saturated carbocycles. The largest absolute Gasteiger partial charge is 0.482 e. The summed E-state index contributed by atoms with van der Waals surface area (Å²) in [6.07, 6.45) is -0.612. The van der Waals surface area contributed by atoms with E-state index >= 15 is 0 Å². The molecule has 0 aliphatic carbocycles. The second-order valence-electron chi connectivity index (χ2n) is 9.04. The summed E-state index contributed by atoms with van der Waals surface area (Å²) in [7, 11) is -4.56. The smallest absolute Gasteiger partial charge is 0.399 e. The maximum absolute atomic E-state index is 12.6. The van der Waals surface area contributed by atoms with Crippen LogP contribution < -0.4 is 9.64 Å². The molecule has 3 aromatic carbocycles. The number of hydrogen-bond donors (Lipinski definition) is 0. The third kappa shape index (κ3) is 8.54. The number of nitrogens with zero attached hydrogens (tertiary/aromatic N) is 2. The van der Waals surface area contributed by atoms with Crippen molar-refractivity contribution >= 4 is 74.9 Å². The molecular weight excluding hydrogens is 712 g/mol. The number of hydrogen-bond acceptors (Lipinski definition) is 9. The lowest BCUT2D eigenvalue weighted by Gasteiger charge is -2.23. The summed E-state index contributed by atoms with van der Waals surface area (Å²) in [4.78, 5) is 19.4. The molecule has 43 heavy (non-hydrogen) atoms. The van der Waals surface area contributed by atoms with Crippen LogP contribution in [0.3, 0.4) is 0 Å². The van der Waals surface area contributed by atoms with Gasteiger partial charge in [0, 0.05) is 20.6 Å². The molecule has 0 radical (unpaired) electrons. The van der Waals surface area contributed by atoms with Gasteiger partial charge in [-0.1, -0.05) is 51.3 Å². The lowest BCUT2D eigenvalue weighted by atomic mass is 10.1. The van der Waals surface area contributed by atoms with Crippen LogP contribution in [0.5, 0.6) is 5.75 Å². The van der Waals surface area contributed by atoms with Crippen molar-refractivity contribution < 1.29 is 37.3 Å². The van der Waals surface area contributed by atoms with E-state index in [2.05, 4.69) is 25.4 Å². The van der Waals surface area contributed by atoms with Crippen LogP contribution in [0.4, 0.5) is 19.9 Å². The molecule has 15 heteroatoms. The van der Waals surface area contributed by atoms with Gasteiger partial charge in [-0.25, -0.2) is 9.78 Å². The molecule has 0 saturated heterocycles. The molecule has 228 valence electrons. The lowest BCUT2D eigenvalue weighted by molar-refractivity contribution is -0.145. The molecule has 0 N–H and O–H groups in total. The number of anilines is 2. The Bertz CT molecular complexity index is 1640. The van der Waals surface area contributed by atoms with Crippen molar-refractivity contribution in [2.24, 2.45) is 0 Å². The number of benzene rings is 3. The standard InChI is InChI=1S/C28H24BrCl2F2N2O6PS/c1-3-38-26(36)15-39-22-9-6-19(7-10-22)27-17(2)43-28(34-27)35(21-8-11-24(30)25(31)13-21)14-18-4-5-20(23(29)12-18)16-42(37,40-32)41-33/h4-13H,3,14-16H2,1-2H3. The molecule has 1 heterocycles. The molecule has 0 bridgehead atoms. The molecule has 4 aromatic rings. The highest BCUT2D eigenvalue weighted by Crippen LogP contribution is 2.53. The first-order valence-electron chi connectivity index (χ1n) is 12.6. The molecule has 1 aromatic heterocycles. The van der Waals surface area contributed by atoms with Crippen molar-refractivity contribution in [3.8, 4) is 17.0 Å². The molecule has 0 spiro atoms. The van der Waals surface area contributed by atoms with Crippen LogP contribution in [0.15, 0.2) is 65.1 Å². The van der Waals surface area contributed by atoms with E-state index in [0.29, 0.717) is 37.5 Å². The molecule has 0 amide bonds. The number of esters is 1. The van der Waals surface area contributed by atoms with Gasteiger partial charge in [0.05, 0.1) is 35.1 Å². The number of aryl methyl sites for hydroxylation is 1. The Labute approximate surface area is 268 Å². The second-order valence-corrected chi connectivity index (χ2v) is 13.7. The fourth-order valence-electron chi connectivity index (χ4n) is 4.01. The third-order valence-electron chi connectivity index (χ3n) is 6.05. The Morgan fingerprint density at radius 1 is 1.05 bits per heavy atom.